The molecule has 2 atom stereocenters. The largest absolute Gasteiger partial charge is 0.393 e. The number of aliphatic hydroxyl groups excluding tert-OH is 1. The molecule has 0 heterocycles. The molecule has 0 aliphatic carbocycles. The van der Waals surface area contributed by atoms with E-state index in [1.807, 2.05) is 6.08 Å². The maximum atomic E-state index is 9.47. The molecule has 1 heteroatoms. The van der Waals surface area contributed by atoms with Crippen molar-refractivity contribution in [3.05, 3.63) is 12.7 Å². The predicted molar refractivity (Wildman–Crippen MR) is 49.4 cm³/mol. The third-order valence-corrected chi connectivity index (χ3v) is 1.79. The fraction of sp³-hybridized carbons (Fsp3) is 0.800. The molecule has 1 nitrogen and oxygen atoms in total. The molecule has 0 aromatic heterocycles. The minimum absolute atomic E-state index is 0.150. The Hall–Kier alpha value is -0.300. The quantitative estimate of drug-likeness (QED) is 0.607. The molecule has 0 bridgehead atoms. The van der Waals surface area contributed by atoms with Crippen molar-refractivity contribution in [3.8, 4) is 0 Å². The summed E-state index contributed by atoms with van der Waals surface area (Å²) in [7, 11) is 0. The zero-order chi connectivity index (χ0) is 8.85. The summed E-state index contributed by atoms with van der Waals surface area (Å²) in [5.74, 6) is 1.02. The van der Waals surface area contributed by atoms with E-state index >= 15 is 0 Å². The summed E-state index contributed by atoms with van der Waals surface area (Å²) in [5.41, 5.74) is 0. The Bertz CT molecular complexity index is 107. The predicted octanol–water partition coefficient (Wildman–Crippen LogP) is 2.61. The van der Waals surface area contributed by atoms with E-state index in [0.29, 0.717) is 11.8 Å². The van der Waals surface area contributed by atoms with Gasteiger partial charge in [-0.15, -0.1) is 6.58 Å². The van der Waals surface area contributed by atoms with Crippen molar-refractivity contribution < 1.29 is 5.11 Å². The standard InChI is InChI=1S/C10H20O/c1-5-9(4)7-10(11)6-8(2)3/h5,8-11H,1,6-7H2,2-4H3/t9-,10+/m1/s1. The Kier molecular flexibility index (Phi) is 5.22. The summed E-state index contributed by atoms with van der Waals surface area (Å²) in [6, 6.07) is 0. The fourth-order valence-corrected chi connectivity index (χ4v) is 1.17. The van der Waals surface area contributed by atoms with Crippen molar-refractivity contribution in [3.63, 3.8) is 0 Å². The summed E-state index contributed by atoms with van der Waals surface area (Å²) in [6.45, 7) is 10.0. The van der Waals surface area contributed by atoms with E-state index < -0.39 is 0 Å². The third-order valence-electron chi connectivity index (χ3n) is 1.79. The van der Waals surface area contributed by atoms with Gasteiger partial charge in [0.05, 0.1) is 6.10 Å². The minimum Gasteiger partial charge on any atom is -0.393 e. The lowest BCUT2D eigenvalue weighted by molar-refractivity contribution is 0.129. The Labute approximate surface area is 70.1 Å². The fourth-order valence-electron chi connectivity index (χ4n) is 1.17. The topological polar surface area (TPSA) is 20.2 Å². The number of hydrogen-bond donors (Lipinski definition) is 1. The molecule has 0 amide bonds. The van der Waals surface area contributed by atoms with Crippen LogP contribution in [0.3, 0.4) is 0 Å². The van der Waals surface area contributed by atoms with Crippen LogP contribution in [0.15, 0.2) is 12.7 Å². The van der Waals surface area contributed by atoms with E-state index in [9.17, 15) is 5.11 Å². The first kappa shape index (κ1) is 10.7. The Morgan fingerprint density at radius 3 is 2.18 bits per heavy atom. The highest BCUT2D eigenvalue weighted by Crippen LogP contribution is 2.13. The lowest BCUT2D eigenvalue weighted by Crippen LogP contribution is -2.13. The van der Waals surface area contributed by atoms with Crippen molar-refractivity contribution in [2.45, 2.75) is 39.7 Å². The normalized spacial score (nSPS) is 16.5. The number of aliphatic hydroxyl groups is 1. The van der Waals surface area contributed by atoms with E-state index in [-0.39, 0.29) is 6.10 Å². The highest BCUT2D eigenvalue weighted by Gasteiger charge is 2.08. The van der Waals surface area contributed by atoms with Crippen LogP contribution in [0, 0.1) is 11.8 Å². The average Bonchev–Trinajstić information content (AvgIpc) is 1.85. The van der Waals surface area contributed by atoms with Crippen LogP contribution in [-0.4, -0.2) is 11.2 Å². The molecule has 11 heavy (non-hydrogen) atoms. The molecular weight excluding hydrogens is 136 g/mol. The Morgan fingerprint density at radius 1 is 1.27 bits per heavy atom. The Balaban J connectivity index is 3.51. The first-order chi connectivity index (χ1) is 5.06. The van der Waals surface area contributed by atoms with Gasteiger partial charge in [0.1, 0.15) is 0 Å². The second kappa shape index (κ2) is 5.36. The van der Waals surface area contributed by atoms with Crippen LogP contribution in [-0.2, 0) is 0 Å². The van der Waals surface area contributed by atoms with Crippen LogP contribution in [0.2, 0.25) is 0 Å². The van der Waals surface area contributed by atoms with E-state index in [1.54, 1.807) is 0 Å². The van der Waals surface area contributed by atoms with Gasteiger partial charge in [-0.1, -0.05) is 26.8 Å². The second-order valence-electron chi connectivity index (χ2n) is 3.73. The summed E-state index contributed by atoms with van der Waals surface area (Å²) in [6.07, 6.45) is 3.49. The molecule has 0 saturated carbocycles. The van der Waals surface area contributed by atoms with Gasteiger partial charge in [-0.25, -0.2) is 0 Å². The maximum Gasteiger partial charge on any atom is 0.0548 e. The zero-order valence-corrected chi connectivity index (χ0v) is 7.88. The molecule has 0 aliphatic rings. The lowest BCUT2D eigenvalue weighted by Gasteiger charge is -2.14. The van der Waals surface area contributed by atoms with Gasteiger partial charge < -0.3 is 5.11 Å². The minimum atomic E-state index is -0.150. The molecule has 0 rings (SSSR count). The smallest absolute Gasteiger partial charge is 0.0548 e. The van der Waals surface area contributed by atoms with Gasteiger partial charge in [0.15, 0.2) is 0 Å². The molecule has 0 radical (unpaired) electrons. The van der Waals surface area contributed by atoms with Crippen molar-refractivity contribution >= 4 is 0 Å². The van der Waals surface area contributed by atoms with E-state index in [4.69, 9.17) is 0 Å². The first-order valence-corrected chi connectivity index (χ1v) is 4.36. The molecule has 0 aromatic rings. The van der Waals surface area contributed by atoms with Crippen molar-refractivity contribution in [2.24, 2.45) is 11.8 Å². The zero-order valence-electron chi connectivity index (χ0n) is 7.88. The van der Waals surface area contributed by atoms with Gasteiger partial charge in [-0.05, 0) is 24.7 Å². The lowest BCUT2D eigenvalue weighted by atomic mass is 9.97. The Morgan fingerprint density at radius 2 is 1.82 bits per heavy atom. The highest BCUT2D eigenvalue weighted by atomic mass is 16.3. The van der Waals surface area contributed by atoms with E-state index in [2.05, 4.69) is 27.4 Å². The molecule has 0 spiro atoms. The summed E-state index contributed by atoms with van der Waals surface area (Å²) >= 11 is 0. The van der Waals surface area contributed by atoms with Crippen LogP contribution in [0.5, 0.6) is 0 Å². The number of allylic oxidation sites excluding steroid dienone is 1. The first-order valence-electron chi connectivity index (χ1n) is 4.36. The third kappa shape index (κ3) is 6.11. The van der Waals surface area contributed by atoms with Gasteiger partial charge in [0.2, 0.25) is 0 Å². The monoisotopic (exact) mass is 156 g/mol. The van der Waals surface area contributed by atoms with Gasteiger partial charge in [0.25, 0.3) is 0 Å². The van der Waals surface area contributed by atoms with Crippen LogP contribution in [0.25, 0.3) is 0 Å². The molecule has 1 N–H and O–H groups in total. The van der Waals surface area contributed by atoms with Crippen LogP contribution >= 0.6 is 0 Å². The molecule has 0 aromatic carbocycles. The van der Waals surface area contributed by atoms with Gasteiger partial charge >= 0.3 is 0 Å². The molecule has 0 aliphatic heterocycles. The summed E-state index contributed by atoms with van der Waals surface area (Å²) in [5, 5.41) is 9.47. The van der Waals surface area contributed by atoms with Gasteiger partial charge in [-0.2, -0.15) is 0 Å². The van der Waals surface area contributed by atoms with Crippen molar-refractivity contribution in [1.82, 2.24) is 0 Å². The summed E-state index contributed by atoms with van der Waals surface area (Å²) < 4.78 is 0. The maximum absolute atomic E-state index is 9.47. The van der Waals surface area contributed by atoms with Crippen LogP contribution in [0.1, 0.15) is 33.6 Å². The summed E-state index contributed by atoms with van der Waals surface area (Å²) in [4.78, 5) is 0. The second-order valence-corrected chi connectivity index (χ2v) is 3.73. The van der Waals surface area contributed by atoms with Crippen molar-refractivity contribution in [2.75, 3.05) is 0 Å². The van der Waals surface area contributed by atoms with Crippen LogP contribution in [0.4, 0.5) is 0 Å². The average molecular weight is 156 g/mol. The molecule has 0 unspecified atom stereocenters. The molecule has 0 saturated heterocycles. The van der Waals surface area contributed by atoms with Gasteiger partial charge in [0, 0.05) is 0 Å². The van der Waals surface area contributed by atoms with Crippen molar-refractivity contribution in [1.29, 1.82) is 0 Å². The molecule has 0 fully saturated rings. The number of rotatable bonds is 5. The highest BCUT2D eigenvalue weighted by molar-refractivity contribution is 4.77. The number of hydrogen-bond acceptors (Lipinski definition) is 1. The van der Waals surface area contributed by atoms with E-state index in [0.717, 1.165) is 12.8 Å². The van der Waals surface area contributed by atoms with E-state index in [1.165, 1.54) is 0 Å². The molecule has 66 valence electrons. The van der Waals surface area contributed by atoms with Crippen LogP contribution < -0.4 is 0 Å². The SMILES string of the molecule is C=C[C@@H](C)C[C@@H](O)CC(C)C. The van der Waals surface area contributed by atoms with Gasteiger partial charge in [-0.3, -0.25) is 0 Å². The molecular formula is C10H20O.